The lowest BCUT2D eigenvalue weighted by molar-refractivity contribution is -0.0394. The molecule has 3 atom stereocenters. The first-order valence-corrected chi connectivity index (χ1v) is 12.8. The molecule has 4 heterocycles. The highest BCUT2D eigenvalue weighted by Gasteiger charge is 2.29. The number of rotatable bonds is 6. The van der Waals surface area contributed by atoms with Crippen molar-refractivity contribution in [2.45, 2.75) is 58.0 Å². The molecule has 176 valence electrons. The highest BCUT2D eigenvalue weighted by Crippen LogP contribution is 2.30. The van der Waals surface area contributed by atoms with E-state index in [0.29, 0.717) is 12.0 Å². The van der Waals surface area contributed by atoms with Crippen molar-refractivity contribution < 1.29 is 4.74 Å². The molecular weight excluding hydrogens is 420 g/mol. The van der Waals surface area contributed by atoms with E-state index in [1.165, 1.54) is 34.9 Å². The number of hydrogen-bond acceptors (Lipinski definition) is 3. The molecule has 2 aliphatic heterocycles. The maximum absolute atomic E-state index is 5.89. The zero-order chi connectivity index (χ0) is 22.9. The first-order valence-electron chi connectivity index (χ1n) is 12.8. The molecular formula is C29H34N4O. The SMILES string of the molecule is C[C@@H]1C[C@H](Cn2ccc3cc(-c4cnn(C5CCCCO5)c4)ccc32)CN1Cc1ccccc1. The second kappa shape index (κ2) is 9.40. The molecule has 0 saturated carbocycles. The van der Waals surface area contributed by atoms with Crippen LogP contribution in [0.3, 0.4) is 0 Å². The molecule has 4 aromatic rings. The number of ether oxygens (including phenoxy) is 1. The standard InChI is InChI=1S/C29H34N4O/c1-22-15-24(20-32(22)18-23-7-3-2-4-8-23)19-31-13-12-26-16-25(10-11-28(26)31)27-17-30-33(21-27)29-9-5-6-14-34-29/h2-4,7-8,10-13,16-17,21-22,24,29H,5-6,9,14-15,18-20H2,1H3/t22-,24-,29?/m1/s1. The summed E-state index contributed by atoms with van der Waals surface area (Å²) in [5, 5.41) is 5.89. The lowest BCUT2D eigenvalue weighted by atomic mass is 10.1. The number of likely N-dealkylation sites (tertiary alicyclic amines) is 1. The van der Waals surface area contributed by atoms with Gasteiger partial charge in [-0.15, -0.1) is 0 Å². The van der Waals surface area contributed by atoms with E-state index in [4.69, 9.17) is 4.74 Å². The average molecular weight is 455 g/mol. The highest BCUT2D eigenvalue weighted by atomic mass is 16.5. The topological polar surface area (TPSA) is 35.2 Å². The van der Waals surface area contributed by atoms with Gasteiger partial charge in [0.15, 0.2) is 0 Å². The fourth-order valence-corrected chi connectivity index (χ4v) is 5.78. The van der Waals surface area contributed by atoms with Gasteiger partial charge >= 0.3 is 0 Å². The van der Waals surface area contributed by atoms with E-state index in [1.54, 1.807) is 0 Å². The molecule has 6 rings (SSSR count). The van der Waals surface area contributed by atoms with Gasteiger partial charge in [-0.25, -0.2) is 4.68 Å². The molecule has 0 bridgehead atoms. The van der Waals surface area contributed by atoms with Gasteiger partial charge in [-0.3, -0.25) is 4.90 Å². The number of nitrogens with zero attached hydrogens (tertiary/aromatic N) is 4. The number of hydrogen-bond donors (Lipinski definition) is 0. The van der Waals surface area contributed by atoms with Gasteiger partial charge in [0.1, 0.15) is 6.23 Å². The smallest absolute Gasteiger partial charge is 0.150 e. The fourth-order valence-electron chi connectivity index (χ4n) is 5.78. The van der Waals surface area contributed by atoms with Crippen molar-refractivity contribution in [2.75, 3.05) is 13.2 Å². The molecule has 0 radical (unpaired) electrons. The summed E-state index contributed by atoms with van der Waals surface area (Å²) in [6.07, 6.45) is 11.1. The van der Waals surface area contributed by atoms with Crippen molar-refractivity contribution >= 4 is 10.9 Å². The third-order valence-corrected chi connectivity index (χ3v) is 7.63. The summed E-state index contributed by atoms with van der Waals surface area (Å²) < 4.78 is 10.3. The molecule has 2 aromatic heterocycles. The number of fused-ring (bicyclic) bond motifs is 1. The van der Waals surface area contributed by atoms with Crippen LogP contribution in [0, 0.1) is 5.92 Å². The summed E-state index contributed by atoms with van der Waals surface area (Å²) in [6.45, 7) is 6.50. The van der Waals surface area contributed by atoms with Crippen LogP contribution < -0.4 is 0 Å². The zero-order valence-electron chi connectivity index (χ0n) is 20.0. The molecule has 0 N–H and O–H groups in total. The number of aromatic nitrogens is 3. The van der Waals surface area contributed by atoms with Gasteiger partial charge < -0.3 is 9.30 Å². The maximum Gasteiger partial charge on any atom is 0.150 e. The molecule has 1 unspecified atom stereocenters. The Kier molecular flexibility index (Phi) is 5.98. The third kappa shape index (κ3) is 4.42. The fraction of sp³-hybridized carbons (Fsp3) is 0.414. The summed E-state index contributed by atoms with van der Waals surface area (Å²) in [5.74, 6) is 0.683. The van der Waals surface area contributed by atoms with Gasteiger partial charge in [-0.2, -0.15) is 5.10 Å². The largest absolute Gasteiger partial charge is 0.357 e. The predicted octanol–water partition coefficient (Wildman–Crippen LogP) is 6.11. The summed E-state index contributed by atoms with van der Waals surface area (Å²) in [5.41, 5.74) is 5.11. The van der Waals surface area contributed by atoms with Gasteiger partial charge in [-0.1, -0.05) is 36.4 Å². The molecule has 0 aliphatic carbocycles. The van der Waals surface area contributed by atoms with Crippen molar-refractivity contribution in [3.05, 3.63) is 78.8 Å². The average Bonchev–Trinajstić information content (AvgIpc) is 3.60. The second-order valence-electron chi connectivity index (χ2n) is 10.1. The van der Waals surface area contributed by atoms with Gasteiger partial charge in [0.25, 0.3) is 0 Å². The molecule has 2 aromatic carbocycles. The van der Waals surface area contributed by atoms with E-state index in [-0.39, 0.29) is 6.23 Å². The van der Waals surface area contributed by atoms with Crippen molar-refractivity contribution in [1.82, 2.24) is 19.2 Å². The molecule has 2 saturated heterocycles. The summed E-state index contributed by atoms with van der Waals surface area (Å²) in [4.78, 5) is 2.64. The molecule has 0 spiro atoms. The molecule has 2 aliphatic rings. The Hall–Kier alpha value is -2.89. The van der Waals surface area contributed by atoms with E-state index in [1.807, 2.05) is 10.9 Å². The molecule has 34 heavy (non-hydrogen) atoms. The Morgan fingerprint density at radius 1 is 1.03 bits per heavy atom. The van der Waals surface area contributed by atoms with E-state index in [0.717, 1.165) is 44.6 Å². The van der Waals surface area contributed by atoms with Gasteiger partial charge in [-0.05, 0) is 67.9 Å². The Morgan fingerprint density at radius 3 is 2.79 bits per heavy atom. The second-order valence-corrected chi connectivity index (χ2v) is 10.1. The Morgan fingerprint density at radius 2 is 1.94 bits per heavy atom. The van der Waals surface area contributed by atoms with Crippen LogP contribution in [-0.2, 0) is 17.8 Å². The van der Waals surface area contributed by atoms with Crippen molar-refractivity contribution in [3.8, 4) is 11.1 Å². The van der Waals surface area contributed by atoms with Crippen LogP contribution in [0.5, 0.6) is 0 Å². The van der Waals surface area contributed by atoms with E-state index >= 15 is 0 Å². The van der Waals surface area contributed by atoms with Crippen LogP contribution in [0.25, 0.3) is 22.0 Å². The van der Waals surface area contributed by atoms with Crippen molar-refractivity contribution in [3.63, 3.8) is 0 Å². The lowest BCUT2D eigenvalue weighted by Gasteiger charge is -2.22. The highest BCUT2D eigenvalue weighted by molar-refractivity contribution is 5.85. The third-order valence-electron chi connectivity index (χ3n) is 7.63. The Labute approximate surface area is 201 Å². The van der Waals surface area contributed by atoms with Crippen LogP contribution in [0.1, 0.15) is 44.4 Å². The summed E-state index contributed by atoms with van der Waals surface area (Å²) in [6, 6.07) is 20.6. The minimum absolute atomic E-state index is 0.0857. The molecule has 5 nitrogen and oxygen atoms in total. The lowest BCUT2D eigenvalue weighted by Crippen LogP contribution is -2.26. The van der Waals surface area contributed by atoms with Gasteiger partial charge in [0.05, 0.1) is 6.20 Å². The summed E-state index contributed by atoms with van der Waals surface area (Å²) in [7, 11) is 0. The van der Waals surface area contributed by atoms with Gasteiger partial charge in [0.2, 0.25) is 0 Å². The Balaban J connectivity index is 1.14. The van der Waals surface area contributed by atoms with E-state index in [9.17, 15) is 0 Å². The van der Waals surface area contributed by atoms with Crippen molar-refractivity contribution in [2.24, 2.45) is 5.92 Å². The maximum atomic E-state index is 5.89. The van der Waals surface area contributed by atoms with Crippen molar-refractivity contribution in [1.29, 1.82) is 0 Å². The zero-order valence-corrected chi connectivity index (χ0v) is 20.0. The van der Waals surface area contributed by atoms with Crippen LogP contribution in [0.15, 0.2) is 73.2 Å². The summed E-state index contributed by atoms with van der Waals surface area (Å²) >= 11 is 0. The van der Waals surface area contributed by atoms with Crippen LogP contribution in [0.4, 0.5) is 0 Å². The molecule has 0 amide bonds. The van der Waals surface area contributed by atoms with Crippen LogP contribution >= 0.6 is 0 Å². The minimum atomic E-state index is 0.0857. The monoisotopic (exact) mass is 454 g/mol. The quantitative estimate of drug-likeness (QED) is 0.352. The van der Waals surface area contributed by atoms with Crippen LogP contribution in [0.2, 0.25) is 0 Å². The van der Waals surface area contributed by atoms with Crippen LogP contribution in [-0.4, -0.2) is 38.4 Å². The van der Waals surface area contributed by atoms with E-state index in [2.05, 4.69) is 88.5 Å². The normalized spacial score (nSPS) is 23.6. The molecule has 2 fully saturated rings. The molecule has 5 heteroatoms. The first kappa shape index (κ1) is 21.6. The predicted molar refractivity (Wildman–Crippen MR) is 136 cm³/mol. The minimum Gasteiger partial charge on any atom is -0.357 e. The van der Waals surface area contributed by atoms with E-state index < -0.39 is 0 Å². The first-order chi connectivity index (χ1) is 16.7. The Bertz CT molecular complexity index is 1240. The van der Waals surface area contributed by atoms with Gasteiger partial charge in [0, 0.05) is 61.1 Å². The number of benzene rings is 2.